The predicted molar refractivity (Wildman–Crippen MR) is 129 cm³/mol. The number of benzene rings is 3. The highest BCUT2D eigenvalue weighted by Crippen LogP contribution is 2.23. The van der Waals surface area contributed by atoms with Gasteiger partial charge in [0.15, 0.2) is 0 Å². The molecule has 0 aliphatic carbocycles. The lowest BCUT2D eigenvalue weighted by molar-refractivity contribution is -0.117. The van der Waals surface area contributed by atoms with Gasteiger partial charge in [0.1, 0.15) is 0 Å². The van der Waals surface area contributed by atoms with Gasteiger partial charge in [-0.05, 0) is 47.2 Å². The maximum atomic E-state index is 13.1. The Morgan fingerprint density at radius 1 is 0.818 bits per heavy atom. The number of sulfonamides is 1. The molecule has 1 saturated heterocycles. The van der Waals surface area contributed by atoms with Crippen LogP contribution in [-0.2, 0) is 19.6 Å². The number of rotatable bonds is 6. The van der Waals surface area contributed by atoms with E-state index in [1.165, 1.54) is 11.2 Å². The van der Waals surface area contributed by atoms with Crippen LogP contribution >= 0.6 is 0 Å². The third kappa shape index (κ3) is 5.57. The van der Waals surface area contributed by atoms with E-state index >= 15 is 0 Å². The molecular formula is C24H26N4O4S. The molecule has 1 fully saturated rings. The normalized spacial score (nSPS) is 15.3. The molecule has 8 nitrogen and oxygen atoms in total. The van der Waals surface area contributed by atoms with Gasteiger partial charge in [-0.2, -0.15) is 4.31 Å². The van der Waals surface area contributed by atoms with Gasteiger partial charge in [0.2, 0.25) is 21.8 Å². The second-order valence-electron chi connectivity index (χ2n) is 8.00. The summed E-state index contributed by atoms with van der Waals surface area (Å²) in [5.41, 5.74) is 1.29. The predicted octanol–water partition coefficient (Wildman–Crippen LogP) is 2.74. The van der Waals surface area contributed by atoms with Gasteiger partial charge in [0.25, 0.3) is 0 Å². The number of amides is 2. The first-order chi connectivity index (χ1) is 15.8. The molecular weight excluding hydrogens is 440 g/mol. The van der Waals surface area contributed by atoms with Crippen LogP contribution in [0, 0.1) is 0 Å². The maximum Gasteiger partial charge on any atom is 0.243 e. The molecule has 33 heavy (non-hydrogen) atoms. The lowest BCUT2D eigenvalue weighted by Gasteiger charge is -2.33. The molecule has 0 unspecified atom stereocenters. The number of fused-ring (bicyclic) bond motifs is 1. The van der Waals surface area contributed by atoms with Gasteiger partial charge in [-0.3, -0.25) is 14.5 Å². The van der Waals surface area contributed by atoms with Crippen LogP contribution < -0.4 is 10.6 Å². The zero-order valence-corrected chi connectivity index (χ0v) is 19.1. The van der Waals surface area contributed by atoms with Crippen LogP contribution in [0.25, 0.3) is 10.8 Å². The van der Waals surface area contributed by atoms with E-state index < -0.39 is 10.0 Å². The largest absolute Gasteiger partial charge is 0.326 e. The van der Waals surface area contributed by atoms with Crippen LogP contribution in [0.15, 0.2) is 71.6 Å². The molecule has 3 aromatic carbocycles. The van der Waals surface area contributed by atoms with Crippen molar-refractivity contribution in [1.29, 1.82) is 0 Å². The van der Waals surface area contributed by atoms with Gasteiger partial charge in [0.05, 0.1) is 11.4 Å². The van der Waals surface area contributed by atoms with Gasteiger partial charge in [-0.1, -0.05) is 30.3 Å². The molecule has 1 aliphatic heterocycles. The van der Waals surface area contributed by atoms with Crippen LogP contribution in [-0.4, -0.2) is 62.2 Å². The maximum absolute atomic E-state index is 13.1. The van der Waals surface area contributed by atoms with Crippen LogP contribution in [0.3, 0.4) is 0 Å². The Balaban J connectivity index is 1.31. The highest BCUT2D eigenvalue weighted by Gasteiger charge is 2.29. The zero-order valence-electron chi connectivity index (χ0n) is 18.3. The molecule has 0 aromatic heterocycles. The molecule has 0 spiro atoms. The summed E-state index contributed by atoms with van der Waals surface area (Å²) in [6.45, 7) is 3.21. The molecule has 9 heteroatoms. The quantitative estimate of drug-likeness (QED) is 0.582. The first-order valence-corrected chi connectivity index (χ1v) is 12.1. The Labute approximate surface area is 193 Å². The highest BCUT2D eigenvalue weighted by atomic mass is 32.2. The Kier molecular flexibility index (Phi) is 6.73. The summed E-state index contributed by atoms with van der Waals surface area (Å²) in [5.74, 6) is -0.332. The van der Waals surface area contributed by atoms with E-state index in [0.29, 0.717) is 37.6 Å². The SMILES string of the molecule is CC(=O)Nc1ccc(NC(=O)CN2CCN(S(=O)(=O)c3ccc4ccccc4c3)CC2)cc1. The van der Waals surface area contributed by atoms with Crippen LogP contribution in [0.1, 0.15) is 6.92 Å². The van der Waals surface area contributed by atoms with Crippen molar-refractivity contribution in [2.45, 2.75) is 11.8 Å². The van der Waals surface area contributed by atoms with Crippen molar-refractivity contribution in [1.82, 2.24) is 9.21 Å². The number of nitrogens with one attached hydrogen (secondary N) is 2. The summed E-state index contributed by atoms with van der Waals surface area (Å²) in [4.78, 5) is 25.7. The van der Waals surface area contributed by atoms with Gasteiger partial charge in [-0.25, -0.2) is 8.42 Å². The van der Waals surface area contributed by atoms with Crippen molar-refractivity contribution in [3.8, 4) is 0 Å². The first-order valence-electron chi connectivity index (χ1n) is 10.7. The Hall–Kier alpha value is -3.27. The molecule has 4 rings (SSSR count). The van der Waals surface area contributed by atoms with E-state index in [1.54, 1.807) is 36.4 Å². The third-order valence-corrected chi connectivity index (χ3v) is 7.44. The van der Waals surface area contributed by atoms with E-state index in [0.717, 1.165) is 10.8 Å². The number of carbonyl (C=O) groups is 2. The molecule has 0 radical (unpaired) electrons. The van der Waals surface area contributed by atoms with Gasteiger partial charge in [0, 0.05) is 44.5 Å². The van der Waals surface area contributed by atoms with Crippen molar-refractivity contribution >= 4 is 44.0 Å². The Morgan fingerprint density at radius 3 is 2.06 bits per heavy atom. The molecule has 0 atom stereocenters. The van der Waals surface area contributed by atoms with E-state index in [1.807, 2.05) is 35.2 Å². The van der Waals surface area contributed by atoms with Crippen molar-refractivity contribution in [2.75, 3.05) is 43.4 Å². The van der Waals surface area contributed by atoms with E-state index in [4.69, 9.17) is 0 Å². The molecule has 2 N–H and O–H groups in total. The molecule has 1 heterocycles. The summed E-state index contributed by atoms with van der Waals surface area (Å²) < 4.78 is 27.7. The van der Waals surface area contributed by atoms with Crippen molar-refractivity contribution in [3.63, 3.8) is 0 Å². The smallest absolute Gasteiger partial charge is 0.243 e. The molecule has 0 bridgehead atoms. The monoisotopic (exact) mass is 466 g/mol. The third-order valence-electron chi connectivity index (χ3n) is 5.55. The van der Waals surface area contributed by atoms with E-state index in [-0.39, 0.29) is 23.3 Å². The second-order valence-corrected chi connectivity index (χ2v) is 9.93. The first kappa shape index (κ1) is 22.9. The summed E-state index contributed by atoms with van der Waals surface area (Å²) in [5, 5.41) is 7.39. The summed E-state index contributed by atoms with van der Waals surface area (Å²) in [6.07, 6.45) is 0. The average molecular weight is 467 g/mol. The number of nitrogens with zero attached hydrogens (tertiary/aromatic N) is 2. The number of hydrogen-bond donors (Lipinski definition) is 2. The fourth-order valence-electron chi connectivity index (χ4n) is 3.85. The van der Waals surface area contributed by atoms with Gasteiger partial charge < -0.3 is 10.6 Å². The van der Waals surface area contributed by atoms with Crippen molar-refractivity contribution < 1.29 is 18.0 Å². The molecule has 3 aromatic rings. The van der Waals surface area contributed by atoms with E-state index in [9.17, 15) is 18.0 Å². The lowest BCUT2D eigenvalue weighted by atomic mass is 10.1. The van der Waals surface area contributed by atoms with E-state index in [2.05, 4.69) is 10.6 Å². The minimum Gasteiger partial charge on any atom is -0.326 e. The zero-order chi connectivity index (χ0) is 23.4. The molecule has 1 aliphatic rings. The number of hydrogen-bond acceptors (Lipinski definition) is 5. The van der Waals surface area contributed by atoms with Crippen molar-refractivity contribution in [3.05, 3.63) is 66.7 Å². The second kappa shape index (κ2) is 9.70. The van der Waals surface area contributed by atoms with Crippen LogP contribution in [0.4, 0.5) is 11.4 Å². The van der Waals surface area contributed by atoms with Crippen molar-refractivity contribution in [2.24, 2.45) is 0 Å². The van der Waals surface area contributed by atoms with Gasteiger partial charge >= 0.3 is 0 Å². The molecule has 0 saturated carbocycles. The number of carbonyl (C=O) groups excluding carboxylic acids is 2. The lowest BCUT2D eigenvalue weighted by Crippen LogP contribution is -2.50. The van der Waals surface area contributed by atoms with Crippen LogP contribution in [0.5, 0.6) is 0 Å². The average Bonchev–Trinajstić information content (AvgIpc) is 2.80. The summed E-state index contributed by atoms with van der Waals surface area (Å²) in [7, 11) is -3.59. The molecule has 172 valence electrons. The number of anilines is 2. The van der Waals surface area contributed by atoms with Crippen LogP contribution in [0.2, 0.25) is 0 Å². The minimum atomic E-state index is -3.59. The Bertz CT molecular complexity index is 1270. The fourth-order valence-corrected chi connectivity index (χ4v) is 5.31. The highest BCUT2D eigenvalue weighted by molar-refractivity contribution is 7.89. The summed E-state index contributed by atoms with van der Waals surface area (Å²) >= 11 is 0. The topological polar surface area (TPSA) is 98.8 Å². The summed E-state index contributed by atoms with van der Waals surface area (Å²) in [6, 6.07) is 19.7. The fraction of sp³-hybridized carbons (Fsp3) is 0.250. The minimum absolute atomic E-state index is 0.159. The van der Waals surface area contributed by atoms with Gasteiger partial charge in [-0.15, -0.1) is 0 Å². The molecule has 2 amide bonds. The standard InChI is InChI=1S/C24H26N4O4S/c1-18(29)25-21-7-9-22(10-8-21)26-24(30)17-27-12-14-28(15-13-27)33(31,32)23-11-6-19-4-2-3-5-20(19)16-23/h2-11,16H,12-15,17H2,1H3,(H,25,29)(H,26,30). The number of piperazine rings is 1. The Morgan fingerprint density at radius 2 is 1.42 bits per heavy atom.